The van der Waals surface area contributed by atoms with Crippen molar-refractivity contribution in [1.29, 1.82) is 0 Å². The minimum Gasteiger partial charge on any atom is -0.481 e. The Labute approximate surface area is 178 Å². The number of halogens is 2. The molecule has 0 bridgehead atoms. The standard InChI is InChI=1S/C23H19ClFNO4/c1-14-7-12-18(24)21(20(14)25)30-17-10-8-15(9-11-17)13-19(23(28)29)26-22(27)16-5-3-2-4-6-16/h2-10,12-13,17H,11H2,1H3,(H,26,27)(H,28,29)/b19-13-. The zero-order valence-corrected chi connectivity index (χ0v) is 16.8. The number of hydrogen-bond donors (Lipinski definition) is 2. The molecule has 1 atom stereocenters. The second-order valence-electron chi connectivity index (χ2n) is 6.65. The van der Waals surface area contributed by atoms with Crippen molar-refractivity contribution in [3.05, 3.63) is 100 Å². The Hall–Kier alpha value is -3.38. The summed E-state index contributed by atoms with van der Waals surface area (Å²) >= 11 is 6.03. The zero-order valence-electron chi connectivity index (χ0n) is 16.1. The average Bonchev–Trinajstić information content (AvgIpc) is 2.75. The maximum Gasteiger partial charge on any atom is 0.352 e. The van der Waals surface area contributed by atoms with Crippen LogP contribution in [0, 0.1) is 12.7 Å². The number of nitrogens with one attached hydrogen (secondary N) is 1. The summed E-state index contributed by atoms with van der Waals surface area (Å²) < 4.78 is 19.9. The van der Waals surface area contributed by atoms with Crippen molar-refractivity contribution in [2.45, 2.75) is 19.4 Å². The fourth-order valence-corrected chi connectivity index (χ4v) is 2.99. The predicted octanol–water partition coefficient (Wildman–Crippen LogP) is 4.82. The molecule has 3 rings (SSSR count). The van der Waals surface area contributed by atoms with Crippen LogP contribution in [-0.2, 0) is 4.79 Å². The van der Waals surface area contributed by atoms with Gasteiger partial charge in [0.1, 0.15) is 11.8 Å². The molecule has 0 radical (unpaired) electrons. The number of ether oxygens (including phenoxy) is 1. The highest BCUT2D eigenvalue weighted by Crippen LogP contribution is 2.32. The molecular weight excluding hydrogens is 409 g/mol. The van der Waals surface area contributed by atoms with E-state index in [1.54, 1.807) is 67.6 Å². The number of aryl methyl sites for hydroxylation is 1. The van der Waals surface area contributed by atoms with E-state index in [2.05, 4.69) is 5.32 Å². The molecule has 1 unspecified atom stereocenters. The van der Waals surface area contributed by atoms with E-state index in [1.165, 1.54) is 6.08 Å². The number of carboxylic acids is 1. The first kappa shape index (κ1) is 21.3. The van der Waals surface area contributed by atoms with Crippen molar-refractivity contribution in [2.75, 3.05) is 0 Å². The smallest absolute Gasteiger partial charge is 0.352 e. The average molecular weight is 428 g/mol. The minimum atomic E-state index is -1.26. The maximum atomic E-state index is 14.3. The lowest BCUT2D eigenvalue weighted by atomic mass is 10.0. The summed E-state index contributed by atoms with van der Waals surface area (Å²) in [5, 5.41) is 12.0. The van der Waals surface area contributed by atoms with E-state index in [0.717, 1.165) is 0 Å². The summed E-state index contributed by atoms with van der Waals surface area (Å²) in [5.74, 6) is -2.31. The van der Waals surface area contributed by atoms with Gasteiger partial charge in [0.25, 0.3) is 5.91 Å². The van der Waals surface area contributed by atoms with E-state index in [4.69, 9.17) is 16.3 Å². The number of allylic oxidation sites excluding steroid dienone is 3. The molecule has 0 saturated carbocycles. The van der Waals surface area contributed by atoms with Crippen LogP contribution in [0.1, 0.15) is 22.3 Å². The Morgan fingerprint density at radius 1 is 1.23 bits per heavy atom. The molecule has 0 heterocycles. The predicted molar refractivity (Wildman–Crippen MR) is 112 cm³/mol. The number of carbonyl (C=O) groups is 2. The maximum absolute atomic E-state index is 14.3. The number of benzene rings is 2. The van der Waals surface area contributed by atoms with E-state index in [9.17, 15) is 19.1 Å². The van der Waals surface area contributed by atoms with Crippen molar-refractivity contribution in [3.63, 3.8) is 0 Å². The SMILES string of the molecule is Cc1ccc(Cl)c(OC2C=CC(/C=C(\NC(=O)c3ccccc3)C(=O)O)=CC2)c1F. The van der Waals surface area contributed by atoms with Crippen LogP contribution in [0.4, 0.5) is 4.39 Å². The number of carboxylic acid groups (broad SMARTS) is 1. The van der Waals surface area contributed by atoms with Gasteiger partial charge in [0.2, 0.25) is 0 Å². The van der Waals surface area contributed by atoms with E-state index >= 15 is 0 Å². The van der Waals surface area contributed by atoms with Crippen molar-refractivity contribution < 1.29 is 23.8 Å². The van der Waals surface area contributed by atoms with Gasteiger partial charge < -0.3 is 15.2 Å². The fraction of sp³-hybridized carbons (Fsp3) is 0.130. The lowest BCUT2D eigenvalue weighted by molar-refractivity contribution is -0.133. The Morgan fingerprint density at radius 2 is 1.97 bits per heavy atom. The lowest BCUT2D eigenvalue weighted by Crippen LogP contribution is -2.27. The monoisotopic (exact) mass is 427 g/mol. The molecule has 0 saturated heterocycles. The largest absolute Gasteiger partial charge is 0.481 e. The van der Waals surface area contributed by atoms with Crippen LogP contribution in [0.15, 0.2) is 78.0 Å². The van der Waals surface area contributed by atoms with Gasteiger partial charge >= 0.3 is 5.97 Å². The second-order valence-corrected chi connectivity index (χ2v) is 7.05. The first-order chi connectivity index (χ1) is 14.3. The third-order valence-electron chi connectivity index (χ3n) is 4.43. The van der Waals surface area contributed by atoms with Crippen LogP contribution in [0.2, 0.25) is 5.02 Å². The molecule has 154 valence electrons. The van der Waals surface area contributed by atoms with Gasteiger partial charge in [-0.2, -0.15) is 0 Å². The van der Waals surface area contributed by atoms with Crippen molar-refractivity contribution >= 4 is 23.5 Å². The van der Waals surface area contributed by atoms with Crippen LogP contribution >= 0.6 is 11.6 Å². The molecule has 1 amide bonds. The molecule has 7 heteroatoms. The molecule has 0 aromatic heterocycles. The number of aliphatic carboxylic acids is 1. The van der Waals surface area contributed by atoms with Gasteiger partial charge in [-0.15, -0.1) is 0 Å². The lowest BCUT2D eigenvalue weighted by Gasteiger charge is -2.19. The molecule has 0 spiro atoms. The highest BCUT2D eigenvalue weighted by atomic mass is 35.5. The van der Waals surface area contributed by atoms with E-state index in [1.807, 2.05) is 0 Å². The van der Waals surface area contributed by atoms with Gasteiger partial charge in [0.15, 0.2) is 11.6 Å². The Morgan fingerprint density at radius 3 is 2.60 bits per heavy atom. The van der Waals surface area contributed by atoms with Gasteiger partial charge in [0, 0.05) is 12.0 Å². The first-order valence-corrected chi connectivity index (χ1v) is 9.54. The molecule has 5 nitrogen and oxygen atoms in total. The van der Waals surface area contributed by atoms with Crippen LogP contribution in [0.3, 0.4) is 0 Å². The van der Waals surface area contributed by atoms with Gasteiger partial charge in [0.05, 0.1) is 5.02 Å². The van der Waals surface area contributed by atoms with Crippen LogP contribution in [0.5, 0.6) is 5.75 Å². The van der Waals surface area contributed by atoms with Gasteiger partial charge in [-0.3, -0.25) is 4.79 Å². The highest BCUT2D eigenvalue weighted by molar-refractivity contribution is 6.32. The van der Waals surface area contributed by atoms with Crippen LogP contribution in [0.25, 0.3) is 0 Å². The summed E-state index contributed by atoms with van der Waals surface area (Å²) in [7, 11) is 0. The molecule has 2 aromatic carbocycles. The molecule has 1 aliphatic rings. The van der Waals surface area contributed by atoms with E-state index < -0.39 is 23.8 Å². The molecule has 2 aromatic rings. The molecular formula is C23H19ClFNO4. The zero-order chi connectivity index (χ0) is 21.7. The van der Waals surface area contributed by atoms with Crippen molar-refractivity contribution in [2.24, 2.45) is 0 Å². The number of amides is 1. The highest BCUT2D eigenvalue weighted by Gasteiger charge is 2.18. The summed E-state index contributed by atoms with van der Waals surface area (Å²) in [6.45, 7) is 1.62. The third kappa shape index (κ3) is 5.15. The van der Waals surface area contributed by atoms with Crippen LogP contribution in [-0.4, -0.2) is 23.1 Å². The van der Waals surface area contributed by atoms with E-state index in [-0.39, 0.29) is 16.5 Å². The first-order valence-electron chi connectivity index (χ1n) is 9.16. The van der Waals surface area contributed by atoms with Crippen LogP contribution < -0.4 is 10.1 Å². The second kappa shape index (κ2) is 9.41. The molecule has 2 N–H and O–H groups in total. The summed E-state index contributed by atoms with van der Waals surface area (Å²) in [6, 6.07) is 11.5. The Balaban J connectivity index is 1.70. The third-order valence-corrected chi connectivity index (χ3v) is 4.72. The van der Waals surface area contributed by atoms with Gasteiger partial charge in [-0.05, 0) is 48.4 Å². The van der Waals surface area contributed by atoms with Crippen molar-refractivity contribution in [1.82, 2.24) is 5.32 Å². The summed E-state index contributed by atoms with van der Waals surface area (Å²) in [4.78, 5) is 23.8. The van der Waals surface area contributed by atoms with Gasteiger partial charge in [-0.1, -0.05) is 48.0 Å². The van der Waals surface area contributed by atoms with Gasteiger partial charge in [-0.25, -0.2) is 9.18 Å². The summed E-state index contributed by atoms with van der Waals surface area (Å²) in [6.07, 6.45) is 6.35. The normalized spacial score (nSPS) is 16.0. The quantitative estimate of drug-likeness (QED) is 0.648. The number of rotatable bonds is 6. The molecule has 1 aliphatic carbocycles. The number of carbonyl (C=O) groups excluding carboxylic acids is 1. The molecule has 0 aliphatic heterocycles. The van der Waals surface area contributed by atoms with E-state index in [0.29, 0.717) is 23.1 Å². The molecule has 0 fully saturated rings. The Kier molecular flexibility index (Phi) is 6.69. The molecule has 30 heavy (non-hydrogen) atoms. The number of hydrogen-bond acceptors (Lipinski definition) is 3. The topological polar surface area (TPSA) is 75.6 Å². The Bertz CT molecular complexity index is 1060. The van der Waals surface area contributed by atoms with Crippen molar-refractivity contribution in [3.8, 4) is 5.75 Å². The fourth-order valence-electron chi connectivity index (χ4n) is 2.80. The minimum absolute atomic E-state index is 0.0138. The summed E-state index contributed by atoms with van der Waals surface area (Å²) in [5.41, 5.74) is 1.10.